The average molecular weight is 476 g/mol. The van der Waals surface area contributed by atoms with E-state index in [4.69, 9.17) is 19.8 Å². The number of aromatic nitrogens is 8. The van der Waals surface area contributed by atoms with Crippen molar-refractivity contribution < 1.29 is 52.8 Å². The summed E-state index contributed by atoms with van der Waals surface area (Å²) in [5.74, 6) is -3.65. The van der Waals surface area contributed by atoms with Gasteiger partial charge in [-0.05, 0) is 25.3 Å². The Balaban J connectivity index is -0.000000274. The molecule has 6 N–H and O–H groups in total. The van der Waals surface area contributed by atoms with Gasteiger partial charge in [-0.2, -0.15) is 0 Å². The number of H-pyrrole nitrogens is 4. The molecule has 0 aliphatic rings. The van der Waals surface area contributed by atoms with Gasteiger partial charge in [-0.15, -0.1) is 49.6 Å². The van der Waals surface area contributed by atoms with Crippen LogP contribution in [0.2, 0.25) is 0 Å². The van der Waals surface area contributed by atoms with E-state index in [0.717, 1.165) is 0 Å². The molecule has 4 aromatic heterocycles. The zero-order valence-corrected chi connectivity index (χ0v) is 15.7. The van der Waals surface area contributed by atoms with Crippen molar-refractivity contribution in [2.75, 3.05) is 0 Å². The number of hydrogen-bond donors (Lipinski definition) is 6. The van der Waals surface area contributed by atoms with Gasteiger partial charge in [0.1, 0.15) is 0 Å². The number of hydrogen-bond acceptors (Lipinski definition) is 6. The summed E-state index contributed by atoms with van der Waals surface area (Å²) < 4.78 is 0. The Hall–Kier alpha value is -3.23. The van der Waals surface area contributed by atoms with E-state index in [-0.39, 0.29) is 33.0 Å². The molecule has 0 bridgehead atoms. The van der Waals surface area contributed by atoms with E-state index in [9.17, 15) is 0 Å². The maximum atomic E-state index is 9.10. The van der Waals surface area contributed by atoms with Crippen LogP contribution >= 0.6 is 0 Å². The molecule has 4 aromatic rings. The molecule has 0 atom stereocenters. The molecule has 0 spiro atoms. The zero-order chi connectivity index (χ0) is 19.3. The third-order valence-electron chi connectivity index (χ3n) is 1.63. The minimum absolute atomic E-state index is 0. The predicted molar refractivity (Wildman–Crippen MR) is 85.0 cm³/mol. The van der Waals surface area contributed by atoms with Crippen molar-refractivity contribution in [2.24, 2.45) is 0 Å². The van der Waals surface area contributed by atoms with Crippen LogP contribution in [0.4, 0.5) is 0 Å². The maximum Gasteiger partial charge on any atom is 2.00 e. The minimum Gasteiger partial charge on any atom is -0.473 e. The first kappa shape index (κ1) is 29.5. The van der Waals surface area contributed by atoms with E-state index in [1.807, 2.05) is 0 Å². The number of imidazole rings is 4. The molecule has 12 nitrogen and oxygen atoms in total. The summed E-state index contributed by atoms with van der Waals surface area (Å²) in [4.78, 5) is 42.9. The second kappa shape index (κ2) is 23.8. The molecule has 0 aliphatic carbocycles. The maximum absolute atomic E-state index is 9.10. The first-order valence-corrected chi connectivity index (χ1v) is 6.52. The fourth-order valence-corrected chi connectivity index (χ4v) is 0.745. The SMILES string of the molecule is O=C(O)C(=O)O.[Ni+2].[Ni+2].[c-]1ncc[nH]1.[c-]1ncc[nH]1.[c-]1ncc[nH]1.[c-]1ncc[nH]1. The standard InChI is InChI=1S/4C3H3N2.C2H2O4.2Ni/c4*1-2-5-3-4-1;3-1(4)2(5)6;;/h4*1-2H,(H,4,5);(H,3,4)(H,5,6);;/q4*-1;;2*+2. The third kappa shape index (κ3) is 25.0. The summed E-state index contributed by atoms with van der Waals surface area (Å²) in [6.45, 7) is 0. The normalized spacial score (nSPS) is 7.29. The largest absolute Gasteiger partial charge is 2.00 e. The van der Waals surface area contributed by atoms with Crippen LogP contribution in [0, 0.1) is 25.3 Å². The molecule has 14 heteroatoms. The van der Waals surface area contributed by atoms with E-state index in [0.29, 0.717) is 0 Å². The summed E-state index contributed by atoms with van der Waals surface area (Å²) >= 11 is 0. The zero-order valence-electron chi connectivity index (χ0n) is 13.8. The van der Waals surface area contributed by atoms with E-state index in [1.54, 1.807) is 49.6 Å². The van der Waals surface area contributed by atoms with Crippen LogP contribution < -0.4 is 0 Å². The number of carboxylic acid groups (broad SMARTS) is 2. The van der Waals surface area contributed by atoms with Crippen molar-refractivity contribution in [1.82, 2.24) is 39.9 Å². The Bertz CT molecular complexity index is 534. The fourth-order valence-electron chi connectivity index (χ4n) is 0.745. The molecule has 154 valence electrons. The molecule has 0 fully saturated rings. The number of aliphatic carboxylic acids is 2. The smallest absolute Gasteiger partial charge is 0.473 e. The average Bonchev–Trinajstić information content (AvgIpc) is 3.50. The molecule has 0 radical (unpaired) electrons. The first-order valence-electron chi connectivity index (χ1n) is 6.52. The molecule has 4 rings (SSSR count). The molecule has 0 amide bonds. The first-order chi connectivity index (χ1) is 12.6. The number of nitrogens with zero attached hydrogens (tertiary/aromatic N) is 4. The number of carboxylic acids is 2. The summed E-state index contributed by atoms with van der Waals surface area (Å²) in [6, 6.07) is 0. The van der Waals surface area contributed by atoms with Crippen LogP contribution in [0.25, 0.3) is 0 Å². The summed E-state index contributed by atoms with van der Waals surface area (Å²) in [5.41, 5.74) is 0. The molecule has 0 aliphatic heterocycles. The van der Waals surface area contributed by atoms with Crippen molar-refractivity contribution in [1.29, 1.82) is 0 Å². The van der Waals surface area contributed by atoms with Crippen molar-refractivity contribution in [3.05, 3.63) is 74.9 Å². The number of nitrogens with one attached hydrogen (secondary N) is 4. The van der Waals surface area contributed by atoms with E-state index >= 15 is 0 Å². The Labute approximate surface area is 179 Å². The van der Waals surface area contributed by atoms with Crippen LogP contribution in [0.1, 0.15) is 0 Å². The Morgan fingerprint density at radius 1 is 0.571 bits per heavy atom. The van der Waals surface area contributed by atoms with Gasteiger partial charge in [0.2, 0.25) is 0 Å². The molecule has 0 unspecified atom stereocenters. The van der Waals surface area contributed by atoms with Crippen LogP contribution in [0.5, 0.6) is 0 Å². The Morgan fingerprint density at radius 2 is 0.786 bits per heavy atom. The second-order valence-electron chi connectivity index (χ2n) is 3.41. The van der Waals surface area contributed by atoms with Crippen molar-refractivity contribution in [3.63, 3.8) is 0 Å². The van der Waals surface area contributed by atoms with Crippen LogP contribution in [0.15, 0.2) is 49.6 Å². The number of carbonyl (C=O) groups is 2. The topological polar surface area (TPSA) is 189 Å². The van der Waals surface area contributed by atoms with Gasteiger partial charge in [0.05, 0.1) is 0 Å². The molecular formula is C14H14N8Ni2O4. The van der Waals surface area contributed by atoms with E-state index in [1.165, 1.54) is 0 Å². The van der Waals surface area contributed by atoms with Gasteiger partial charge in [-0.3, -0.25) is 0 Å². The molecule has 0 saturated carbocycles. The molecule has 0 saturated heterocycles. The third-order valence-corrected chi connectivity index (χ3v) is 1.63. The second-order valence-corrected chi connectivity index (χ2v) is 3.41. The number of aromatic amines is 4. The molecular weight excluding hydrogens is 462 g/mol. The van der Waals surface area contributed by atoms with E-state index in [2.05, 4.69) is 65.2 Å². The monoisotopic (exact) mass is 474 g/mol. The van der Waals surface area contributed by atoms with Gasteiger partial charge in [0, 0.05) is 0 Å². The fraction of sp³-hybridized carbons (Fsp3) is 0. The van der Waals surface area contributed by atoms with Gasteiger partial charge in [-0.25, -0.2) is 9.59 Å². The van der Waals surface area contributed by atoms with Crippen molar-refractivity contribution in [3.8, 4) is 0 Å². The van der Waals surface area contributed by atoms with Gasteiger partial charge in [0.15, 0.2) is 0 Å². The molecule has 0 aromatic carbocycles. The van der Waals surface area contributed by atoms with E-state index < -0.39 is 11.9 Å². The quantitative estimate of drug-likeness (QED) is 0.116. The predicted octanol–water partition coefficient (Wildman–Crippen LogP) is -0.00984. The van der Waals surface area contributed by atoms with Crippen LogP contribution in [-0.4, -0.2) is 62.0 Å². The van der Waals surface area contributed by atoms with Crippen LogP contribution in [-0.2, 0) is 42.6 Å². The van der Waals surface area contributed by atoms with Gasteiger partial charge >= 0.3 is 44.9 Å². The summed E-state index contributed by atoms with van der Waals surface area (Å²) in [5, 5.41) is 14.8. The Kier molecular flexibility index (Phi) is 25.1. The molecule has 4 heterocycles. The van der Waals surface area contributed by atoms with Gasteiger partial charge in [-0.1, -0.05) is 0 Å². The Morgan fingerprint density at radius 3 is 0.821 bits per heavy atom. The van der Waals surface area contributed by atoms with Crippen molar-refractivity contribution in [2.45, 2.75) is 0 Å². The van der Waals surface area contributed by atoms with Gasteiger partial charge < -0.3 is 50.1 Å². The van der Waals surface area contributed by atoms with Crippen molar-refractivity contribution >= 4 is 11.9 Å². The molecule has 28 heavy (non-hydrogen) atoms. The number of rotatable bonds is 0. The summed E-state index contributed by atoms with van der Waals surface area (Å²) in [7, 11) is 0. The van der Waals surface area contributed by atoms with Gasteiger partial charge in [0.25, 0.3) is 0 Å². The minimum atomic E-state index is -1.82. The van der Waals surface area contributed by atoms with Crippen LogP contribution in [0.3, 0.4) is 0 Å². The summed E-state index contributed by atoms with van der Waals surface area (Å²) in [6.07, 6.45) is 23.3.